The van der Waals surface area contributed by atoms with E-state index in [1.165, 1.54) is 6.21 Å². The molecule has 1 aromatic heterocycles. The van der Waals surface area contributed by atoms with Crippen LogP contribution in [0.25, 0.3) is 10.9 Å². The van der Waals surface area contributed by atoms with Crippen molar-refractivity contribution in [1.29, 1.82) is 0 Å². The Morgan fingerprint density at radius 3 is 2.70 bits per heavy atom. The van der Waals surface area contributed by atoms with Crippen LogP contribution in [0.15, 0.2) is 59.7 Å². The first kappa shape index (κ1) is 21.3. The monoisotopic (exact) mass is 424 g/mol. The number of halogens is 1. The van der Waals surface area contributed by atoms with E-state index in [1.54, 1.807) is 24.3 Å². The van der Waals surface area contributed by atoms with Crippen molar-refractivity contribution in [2.24, 2.45) is 5.10 Å². The Morgan fingerprint density at radius 1 is 1.17 bits per heavy atom. The number of fused-ring (bicyclic) bond motifs is 1. The van der Waals surface area contributed by atoms with Crippen molar-refractivity contribution in [3.63, 3.8) is 0 Å². The molecule has 2 N–H and O–H groups in total. The fourth-order valence-corrected chi connectivity index (χ4v) is 2.79. The summed E-state index contributed by atoms with van der Waals surface area (Å²) in [6.07, 6.45) is 2.32. The van der Waals surface area contributed by atoms with E-state index in [4.69, 9.17) is 16.3 Å². The lowest BCUT2D eigenvalue weighted by Gasteiger charge is -2.07. The van der Waals surface area contributed by atoms with E-state index in [0.29, 0.717) is 23.5 Å². The molecule has 0 fully saturated rings. The Bertz CT molecular complexity index is 1070. The number of nitrogens with one attached hydrogen (secondary N) is 2. The van der Waals surface area contributed by atoms with E-state index in [9.17, 15) is 9.59 Å². The van der Waals surface area contributed by atoms with Gasteiger partial charge in [-0.2, -0.15) is 5.10 Å². The molecule has 0 radical (unpaired) electrons. The van der Waals surface area contributed by atoms with Crippen LogP contribution in [0.1, 0.15) is 29.3 Å². The second-order valence-corrected chi connectivity index (χ2v) is 6.77. The molecule has 0 saturated carbocycles. The first-order valence-electron chi connectivity index (χ1n) is 9.45. The number of hydrogen-bond acceptors (Lipinski definition) is 5. The molecule has 0 spiro atoms. The van der Waals surface area contributed by atoms with Crippen LogP contribution in [0, 0.1) is 0 Å². The minimum Gasteiger partial charge on any atom is -0.494 e. The highest BCUT2D eigenvalue weighted by Crippen LogP contribution is 2.18. The van der Waals surface area contributed by atoms with Gasteiger partial charge in [0, 0.05) is 16.5 Å². The van der Waals surface area contributed by atoms with Crippen LogP contribution in [0.3, 0.4) is 0 Å². The number of amides is 2. The van der Waals surface area contributed by atoms with Crippen LogP contribution in [0.2, 0.25) is 5.15 Å². The van der Waals surface area contributed by atoms with E-state index in [-0.39, 0.29) is 17.6 Å². The van der Waals surface area contributed by atoms with Crippen molar-refractivity contribution >= 4 is 40.5 Å². The Balaban J connectivity index is 1.50. The number of carbonyl (C=O) groups is 2. The maximum absolute atomic E-state index is 12.1. The highest BCUT2D eigenvalue weighted by Gasteiger charge is 2.08. The molecule has 0 saturated heterocycles. The van der Waals surface area contributed by atoms with Gasteiger partial charge in [0.05, 0.1) is 24.9 Å². The van der Waals surface area contributed by atoms with Crippen molar-refractivity contribution in [2.75, 3.05) is 13.2 Å². The number of para-hydroxylation sites is 1. The minimum atomic E-state index is -0.465. The Labute approximate surface area is 179 Å². The van der Waals surface area contributed by atoms with E-state index in [2.05, 4.69) is 20.8 Å². The molecule has 0 unspecified atom stereocenters. The van der Waals surface area contributed by atoms with Gasteiger partial charge in [0.15, 0.2) is 0 Å². The van der Waals surface area contributed by atoms with Gasteiger partial charge in [-0.05, 0) is 42.8 Å². The maximum atomic E-state index is 12.1. The first-order valence-corrected chi connectivity index (χ1v) is 9.83. The second kappa shape index (κ2) is 10.4. The zero-order chi connectivity index (χ0) is 21.3. The number of ether oxygens (including phenoxy) is 1. The quantitative estimate of drug-likeness (QED) is 0.328. The summed E-state index contributed by atoms with van der Waals surface area (Å²) in [5.74, 6) is -0.132. The van der Waals surface area contributed by atoms with Crippen LogP contribution in [-0.2, 0) is 4.79 Å². The fourth-order valence-electron chi connectivity index (χ4n) is 2.60. The topological polar surface area (TPSA) is 92.7 Å². The molecular formula is C22H21ClN4O3. The molecule has 2 aromatic carbocycles. The minimum absolute atomic E-state index is 0.214. The number of pyridine rings is 1. The molecule has 0 bridgehead atoms. The van der Waals surface area contributed by atoms with E-state index in [1.807, 2.05) is 37.3 Å². The Kier molecular flexibility index (Phi) is 7.34. The highest BCUT2D eigenvalue weighted by atomic mass is 35.5. The van der Waals surface area contributed by atoms with Gasteiger partial charge in [0.25, 0.3) is 11.8 Å². The zero-order valence-corrected chi connectivity index (χ0v) is 17.1. The average Bonchev–Trinajstić information content (AvgIpc) is 2.76. The summed E-state index contributed by atoms with van der Waals surface area (Å²) >= 11 is 6.15. The summed E-state index contributed by atoms with van der Waals surface area (Å²) in [6.45, 7) is 2.42. The Hall–Kier alpha value is -3.45. The van der Waals surface area contributed by atoms with Crippen LogP contribution in [0.5, 0.6) is 5.75 Å². The summed E-state index contributed by atoms with van der Waals surface area (Å²) in [5, 5.41) is 7.62. The van der Waals surface area contributed by atoms with Gasteiger partial charge < -0.3 is 10.1 Å². The standard InChI is InChI=1S/C22H21ClN4O3/c1-2-11-30-18-9-7-15(8-10-18)22(29)24-14-20(28)27-25-13-17-12-16-5-3-4-6-19(16)26-21(17)23/h3-10,12-13H,2,11,14H2,1H3,(H,24,29)(H,27,28)/b25-13+. The van der Waals surface area contributed by atoms with Gasteiger partial charge in [-0.25, -0.2) is 10.4 Å². The Morgan fingerprint density at radius 2 is 1.93 bits per heavy atom. The molecule has 3 rings (SSSR count). The maximum Gasteiger partial charge on any atom is 0.259 e. The lowest BCUT2D eigenvalue weighted by Crippen LogP contribution is -2.34. The number of aromatic nitrogens is 1. The van der Waals surface area contributed by atoms with Crippen molar-refractivity contribution in [3.05, 3.63) is 70.9 Å². The molecule has 0 atom stereocenters. The van der Waals surface area contributed by atoms with Crippen molar-refractivity contribution in [2.45, 2.75) is 13.3 Å². The largest absolute Gasteiger partial charge is 0.494 e. The summed E-state index contributed by atoms with van der Waals surface area (Å²) in [6, 6.07) is 16.1. The normalized spacial score (nSPS) is 10.9. The molecule has 1 heterocycles. The smallest absolute Gasteiger partial charge is 0.259 e. The van der Waals surface area contributed by atoms with Gasteiger partial charge >= 0.3 is 0 Å². The SMILES string of the molecule is CCCOc1ccc(C(=O)NCC(=O)N/N=C/c2cc3ccccc3nc2Cl)cc1. The highest BCUT2D eigenvalue weighted by molar-refractivity contribution is 6.32. The van der Waals surface area contributed by atoms with E-state index in [0.717, 1.165) is 17.3 Å². The third-order valence-electron chi connectivity index (χ3n) is 4.10. The van der Waals surface area contributed by atoms with Crippen molar-refractivity contribution in [1.82, 2.24) is 15.7 Å². The number of nitrogens with zero attached hydrogens (tertiary/aromatic N) is 2. The van der Waals surface area contributed by atoms with Crippen LogP contribution >= 0.6 is 11.6 Å². The molecule has 0 aliphatic rings. The molecule has 7 nitrogen and oxygen atoms in total. The summed E-state index contributed by atoms with van der Waals surface area (Å²) < 4.78 is 5.48. The number of rotatable bonds is 8. The van der Waals surface area contributed by atoms with Crippen LogP contribution < -0.4 is 15.5 Å². The molecule has 154 valence electrons. The molecular weight excluding hydrogens is 404 g/mol. The predicted molar refractivity (Wildman–Crippen MR) is 117 cm³/mol. The summed E-state index contributed by atoms with van der Waals surface area (Å²) in [7, 11) is 0. The lowest BCUT2D eigenvalue weighted by molar-refractivity contribution is -0.120. The third-order valence-corrected chi connectivity index (χ3v) is 4.40. The molecule has 2 amide bonds. The third kappa shape index (κ3) is 5.78. The number of hydrogen-bond donors (Lipinski definition) is 2. The van der Waals surface area contributed by atoms with Crippen molar-refractivity contribution < 1.29 is 14.3 Å². The number of hydrazone groups is 1. The molecule has 3 aromatic rings. The van der Waals surface area contributed by atoms with E-state index >= 15 is 0 Å². The van der Waals surface area contributed by atoms with Crippen LogP contribution in [0.4, 0.5) is 0 Å². The van der Waals surface area contributed by atoms with Gasteiger partial charge in [-0.1, -0.05) is 36.7 Å². The lowest BCUT2D eigenvalue weighted by atomic mass is 10.2. The second-order valence-electron chi connectivity index (χ2n) is 6.41. The van der Waals surface area contributed by atoms with Gasteiger partial charge in [0.2, 0.25) is 0 Å². The predicted octanol–water partition coefficient (Wildman–Crippen LogP) is 3.56. The molecule has 30 heavy (non-hydrogen) atoms. The van der Waals surface area contributed by atoms with Crippen LogP contribution in [-0.4, -0.2) is 36.2 Å². The van der Waals surface area contributed by atoms with E-state index < -0.39 is 5.91 Å². The summed E-state index contributed by atoms with van der Waals surface area (Å²) in [4.78, 5) is 28.4. The van der Waals surface area contributed by atoms with Gasteiger partial charge in [-0.15, -0.1) is 0 Å². The van der Waals surface area contributed by atoms with Gasteiger partial charge in [-0.3, -0.25) is 9.59 Å². The van der Waals surface area contributed by atoms with Gasteiger partial charge in [0.1, 0.15) is 10.9 Å². The number of benzene rings is 2. The summed E-state index contributed by atoms with van der Waals surface area (Å²) in [5.41, 5.74) is 4.14. The average molecular weight is 425 g/mol. The number of carbonyl (C=O) groups excluding carboxylic acids is 2. The molecule has 0 aliphatic heterocycles. The fraction of sp³-hybridized carbons (Fsp3) is 0.182. The molecule has 8 heteroatoms. The van der Waals surface area contributed by atoms with Crippen molar-refractivity contribution in [3.8, 4) is 5.75 Å². The zero-order valence-electron chi connectivity index (χ0n) is 16.4. The molecule has 0 aliphatic carbocycles. The first-order chi connectivity index (χ1) is 14.6.